The van der Waals surface area contributed by atoms with Crippen LogP contribution in [0.25, 0.3) is 11.0 Å². The molecule has 2 rings (SSSR count). The molecule has 1 aromatic carbocycles. The van der Waals surface area contributed by atoms with Gasteiger partial charge in [0.1, 0.15) is 0 Å². The minimum Gasteiger partial charge on any atom is -0.494 e. The summed E-state index contributed by atoms with van der Waals surface area (Å²) in [7, 11) is 1.46. The van der Waals surface area contributed by atoms with Crippen molar-refractivity contribution in [2.45, 2.75) is 52.0 Å². The van der Waals surface area contributed by atoms with Gasteiger partial charge in [-0.05, 0) is 13.3 Å². The molecule has 5 heteroatoms. The number of unbranched alkanes of at least 4 members (excludes halogenated alkanes) is 3. The van der Waals surface area contributed by atoms with Crippen LogP contribution >= 0.6 is 0 Å². The predicted octanol–water partition coefficient (Wildman–Crippen LogP) is 4.30. The maximum Gasteiger partial charge on any atom is 0.201 e. The lowest BCUT2D eigenvalue weighted by molar-refractivity contribution is 0.387. The van der Waals surface area contributed by atoms with E-state index in [1.54, 1.807) is 6.07 Å². The Labute approximate surface area is 125 Å². The van der Waals surface area contributed by atoms with Crippen molar-refractivity contribution in [1.29, 1.82) is 0 Å². The fraction of sp³-hybridized carbons (Fsp3) is 0.562. The maximum absolute atomic E-state index is 13.7. The number of ether oxygens (including phenoxy) is 1. The Morgan fingerprint density at radius 3 is 2.76 bits per heavy atom. The molecule has 1 atom stereocenters. The van der Waals surface area contributed by atoms with Crippen LogP contribution in [0, 0.1) is 5.82 Å². The first kappa shape index (κ1) is 15.6. The summed E-state index contributed by atoms with van der Waals surface area (Å²) in [6, 6.07) is 3.29. The van der Waals surface area contributed by atoms with Crippen LogP contribution in [0.15, 0.2) is 12.1 Å². The summed E-state index contributed by atoms with van der Waals surface area (Å²) in [5.74, 6) is 0.243. The number of hydrogen-bond donors (Lipinski definition) is 1. The normalized spacial score (nSPS) is 12.8. The largest absolute Gasteiger partial charge is 0.494 e. The van der Waals surface area contributed by atoms with Gasteiger partial charge in [0.25, 0.3) is 0 Å². The Balaban J connectivity index is 2.27. The van der Waals surface area contributed by atoms with Gasteiger partial charge in [0.15, 0.2) is 11.6 Å². The minimum absolute atomic E-state index is 0.224. The third kappa shape index (κ3) is 3.28. The number of rotatable bonds is 7. The van der Waals surface area contributed by atoms with E-state index >= 15 is 0 Å². The predicted molar refractivity (Wildman–Crippen MR) is 84.1 cm³/mol. The van der Waals surface area contributed by atoms with Gasteiger partial charge in [-0.15, -0.1) is 0 Å². The third-order valence-electron chi connectivity index (χ3n) is 3.91. The standard InChI is InChI=1S/C16H24FN3O/c1-4-5-6-7-8-11(2)20-14-10-15(21-3)12(17)9-13(14)19-16(20)18/h9-11H,4-8H2,1-3H3,(H2,18,19). The van der Waals surface area contributed by atoms with Crippen LogP contribution in [0.1, 0.15) is 52.0 Å². The van der Waals surface area contributed by atoms with Gasteiger partial charge in [-0.3, -0.25) is 0 Å². The number of anilines is 1. The van der Waals surface area contributed by atoms with E-state index in [-0.39, 0.29) is 11.8 Å². The number of nitrogens with two attached hydrogens (primary N) is 1. The molecule has 0 amide bonds. The zero-order valence-electron chi connectivity index (χ0n) is 13.0. The molecule has 2 aromatic rings. The molecular weight excluding hydrogens is 269 g/mol. The van der Waals surface area contributed by atoms with E-state index in [0.29, 0.717) is 11.5 Å². The molecule has 0 bridgehead atoms. The molecule has 1 unspecified atom stereocenters. The first-order chi connectivity index (χ1) is 10.1. The van der Waals surface area contributed by atoms with Gasteiger partial charge in [-0.2, -0.15) is 0 Å². The number of aromatic nitrogens is 2. The second kappa shape index (κ2) is 6.78. The molecule has 1 aromatic heterocycles. The smallest absolute Gasteiger partial charge is 0.201 e. The highest BCUT2D eigenvalue weighted by atomic mass is 19.1. The van der Waals surface area contributed by atoms with Crippen molar-refractivity contribution >= 4 is 17.0 Å². The lowest BCUT2D eigenvalue weighted by Gasteiger charge is -2.16. The molecular formula is C16H24FN3O. The number of benzene rings is 1. The van der Waals surface area contributed by atoms with Crippen molar-refractivity contribution in [2.75, 3.05) is 12.8 Å². The van der Waals surface area contributed by atoms with Crippen LogP contribution in [0.3, 0.4) is 0 Å². The van der Waals surface area contributed by atoms with Crippen molar-refractivity contribution in [2.24, 2.45) is 0 Å². The molecule has 0 aliphatic heterocycles. The molecule has 0 saturated heterocycles. The van der Waals surface area contributed by atoms with Crippen LogP contribution < -0.4 is 10.5 Å². The van der Waals surface area contributed by atoms with Crippen LogP contribution in [0.4, 0.5) is 10.3 Å². The van der Waals surface area contributed by atoms with E-state index in [2.05, 4.69) is 18.8 Å². The number of nitrogens with zero attached hydrogens (tertiary/aromatic N) is 2. The molecule has 21 heavy (non-hydrogen) atoms. The molecule has 116 valence electrons. The highest BCUT2D eigenvalue weighted by molar-refractivity contribution is 5.80. The van der Waals surface area contributed by atoms with Crippen molar-refractivity contribution in [3.63, 3.8) is 0 Å². The lowest BCUT2D eigenvalue weighted by atomic mass is 10.1. The molecule has 0 saturated carbocycles. The zero-order valence-corrected chi connectivity index (χ0v) is 13.0. The topological polar surface area (TPSA) is 53.1 Å². The summed E-state index contributed by atoms with van der Waals surface area (Å²) in [6.45, 7) is 4.32. The fourth-order valence-corrected chi connectivity index (χ4v) is 2.73. The van der Waals surface area contributed by atoms with Gasteiger partial charge >= 0.3 is 0 Å². The van der Waals surface area contributed by atoms with E-state index in [4.69, 9.17) is 10.5 Å². The van der Waals surface area contributed by atoms with Crippen molar-refractivity contribution in [1.82, 2.24) is 9.55 Å². The summed E-state index contributed by atoms with van der Waals surface area (Å²) in [6.07, 6.45) is 5.90. The Kier molecular flexibility index (Phi) is 5.04. The zero-order chi connectivity index (χ0) is 15.4. The van der Waals surface area contributed by atoms with Crippen LogP contribution in [-0.4, -0.2) is 16.7 Å². The molecule has 0 spiro atoms. The van der Waals surface area contributed by atoms with E-state index in [1.165, 1.54) is 32.4 Å². The molecule has 0 aliphatic carbocycles. The first-order valence-electron chi connectivity index (χ1n) is 7.59. The van der Waals surface area contributed by atoms with Crippen LogP contribution in [0.5, 0.6) is 5.75 Å². The van der Waals surface area contributed by atoms with Crippen molar-refractivity contribution in [3.05, 3.63) is 17.9 Å². The van der Waals surface area contributed by atoms with Gasteiger partial charge in [-0.25, -0.2) is 9.37 Å². The summed E-state index contributed by atoms with van der Waals surface area (Å²) in [4.78, 5) is 4.26. The second-order valence-corrected chi connectivity index (χ2v) is 5.51. The number of nitrogen functional groups attached to an aromatic ring is 1. The molecule has 2 N–H and O–H groups in total. The fourth-order valence-electron chi connectivity index (χ4n) is 2.73. The van der Waals surface area contributed by atoms with Crippen molar-refractivity contribution < 1.29 is 9.13 Å². The Morgan fingerprint density at radius 2 is 2.10 bits per heavy atom. The lowest BCUT2D eigenvalue weighted by Crippen LogP contribution is -2.09. The minimum atomic E-state index is -0.412. The van der Waals surface area contributed by atoms with E-state index in [0.717, 1.165) is 18.4 Å². The van der Waals surface area contributed by atoms with Gasteiger partial charge in [0.2, 0.25) is 5.95 Å². The summed E-state index contributed by atoms with van der Waals surface area (Å²) >= 11 is 0. The Hall–Kier alpha value is -1.78. The van der Waals surface area contributed by atoms with Crippen LogP contribution in [-0.2, 0) is 0 Å². The van der Waals surface area contributed by atoms with Crippen LogP contribution in [0.2, 0.25) is 0 Å². The number of imidazole rings is 1. The van der Waals surface area contributed by atoms with Gasteiger partial charge in [0.05, 0.1) is 18.1 Å². The maximum atomic E-state index is 13.7. The first-order valence-corrected chi connectivity index (χ1v) is 7.59. The highest BCUT2D eigenvalue weighted by Crippen LogP contribution is 2.30. The van der Waals surface area contributed by atoms with Gasteiger partial charge in [-0.1, -0.05) is 32.6 Å². The number of halogens is 1. The molecule has 0 radical (unpaired) electrons. The molecule has 4 nitrogen and oxygen atoms in total. The SMILES string of the molecule is CCCCCCC(C)n1c(N)nc2cc(F)c(OC)cc21. The second-order valence-electron chi connectivity index (χ2n) is 5.51. The van der Waals surface area contributed by atoms with E-state index in [9.17, 15) is 4.39 Å². The molecule has 1 heterocycles. The monoisotopic (exact) mass is 293 g/mol. The number of fused-ring (bicyclic) bond motifs is 1. The average Bonchev–Trinajstić information content (AvgIpc) is 2.77. The summed E-state index contributed by atoms with van der Waals surface area (Å²) < 4.78 is 20.8. The quantitative estimate of drug-likeness (QED) is 0.774. The number of hydrogen-bond acceptors (Lipinski definition) is 3. The molecule has 0 aliphatic rings. The Bertz CT molecular complexity index is 609. The average molecular weight is 293 g/mol. The van der Waals surface area contributed by atoms with E-state index < -0.39 is 5.82 Å². The number of methoxy groups -OCH3 is 1. The highest BCUT2D eigenvalue weighted by Gasteiger charge is 2.16. The summed E-state index contributed by atoms with van der Waals surface area (Å²) in [5, 5.41) is 0. The molecule has 0 fully saturated rings. The third-order valence-corrected chi connectivity index (χ3v) is 3.91. The van der Waals surface area contributed by atoms with E-state index in [1.807, 2.05) is 4.57 Å². The summed E-state index contributed by atoms with van der Waals surface area (Å²) in [5.41, 5.74) is 7.42. The van der Waals surface area contributed by atoms with Crippen molar-refractivity contribution in [3.8, 4) is 5.75 Å². The van der Waals surface area contributed by atoms with Gasteiger partial charge in [0, 0.05) is 18.2 Å². The van der Waals surface area contributed by atoms with Gasteiger partial charge < -0.3 is 15.0 Å². The Morgan fingerprint density at radius 1 is 1.33 bits per heavy atom.